The number of benzene rings is 2. The highest BCUT2D eigenvalue weighted by atomic mass is 19.1. The zero-order valence-corrected chi connectivity index (χ0v) is 18.3. The number of carboxylic acid groups (broad SMARTS) is 1. The molecule has 0 radical (unpaired) electrons. The summed E-state index contributed by atoms with van der Waals surface area (Å²) in [5.41, 5.74) is 4.34. The van der Waals surface area contributed by atoms with E-state index in [4.69, 9.17) is 10.2 Å². The van der Waals surface area contributed by atoms with Gasteiger partial charge >= 0.3 is 5.97 Å². The second kappa shape index (κ2) is 10.5. The Kier molecular flexibility index (Phi) is 7.77. The van der Waals surface area contributed by atoms with Crippen molar-refractivity contribution in [2.75, 3.05) is 0 Å². The number of carbonyl (C=O) groups is 1. The number of rotatable bonds is 10. The van der Waals surface area contributed by atoms with Crippen LogP contribution in [0.25, 0.3) is 16.9 Å². The average Bonchev–Trinajstić information content (AvgIpc) is 3.12. The number of nitrogens with zero attached hydrogens (tertiary/aromatic N) is 2. The van der Waals surface area contributed by atoms with E-state index in [9.17, 15) is 19.4 Å². The Morgan fingerprint density at radius 1 is 1.03 bits per heavy atom. The van der Waals surface area contributed by atoms with E-state index in [0.717, 1.165) is 28.2 Å². The van der Waals surface area contributed by atoms with Crippen LogP contribution in [0.2, 0.25) is 0 Å². The molecule has 2 aromatic carbocycles. The normalized spacial score (nSPS) is 13.3. The van der Waals surface area contributed by atoms with Gasteiger partial charge in [0.15, 0.2) is 0 Å². The Hall–Kier alpha value is -3.03. The van der Waals surface area contributed by atoms with E-state index in [1.807, 2.05) is 35.0 Å². The Labute approximate surface area is 187 Å². The summed E-state index contributed by atoms with van der Waals surface area (Å²) in [5.74, 6) is -1.30. The van der Waals surface area contributed by atoms with E-state index in [1.165, 1.54) is 12.1 Å². The van der Waals surface area contributed by atoms with Crippen molar-refractivity contribution < 1.29 is 24.5 Å². The van der Waals surface area contributed by atoms with Crippen LogP contribution in [0.5, 0.6) is 0 Å². The highest BCUT2D eigenvalue weighted by molar-refractivity contribution is 5.67. The molecule has 3 N–H and O–H groups in total. The molecule has 6 nitrogen and oxygen atoms in total. The second-order valence-electron chi connectivity index (χ2n) is 8.30. The third-order valence-corrected chi connectivity index (χ3v) is 5.37. The van der Waals surface area contributed by atoms with Crippen LogP contribution in [0.15, 0.2) is 54.6 Å². The van der Waals surface area contributed by atoms with Crippen LogP contribution in [0.4, 0.5) is 4.39 Å². The molecule has 1 heterocycles. The summed E-state index contributed by atoms with van der Waals surface area (Å²) in [4.78, 5) is 10.8. The van der Waals surface area contributed by atoms with Crippen molar-refractivity contribution in [1.29, 1.82) is 0 Å². The molecule has 0 bridgehead atoms. The lowest BCUT2D eigenvalue weighted by atomic mass is 9.94. The molecule has 0 unspecified atom stereocenters. The predicted octanol–water partition coefficient (Wildman–Crippen LogP) is 4.32. The van der Waals surface area contributed by atoms with Crippen LogP contribution < -0.4 is 0 Å². The predicted molar refractivity (Wildman–Crippen MR) is 120 cm³/mol. The fourth-order valence-corrected chi connectivity index (χ4v) is 3.94. The minimum Gasteiger partial charge on any atom is -0.481 e. The molecule has 7 heteroatoms. The smallest absolute Gasteiger partial charge is 0.305 e. The largest absolute Gasteiger partial charge is 0.481 e. The summed E-state index contributed by atoms with van der Waals surface area (Å²) in [6.07, 6.45) is -1.55. The molecule has 0 amide bonds. The molecule has 0 spiro atoms. The molecule has 0 saturated heterocycles. The number of aliphatic hydroxyl groups is 2. The number of halogens is 1. The van der Waals surface area contributed by atoms with E-state index in [0.29, 0.717) is 12.8 Å². The van der Waals surface area contributed by atoms with Gasteiger partial charge in [-0.1, -0.05) is 32.0 Å². The first-order chi connectivity index (χ1) is 15.3. The van der Waals surface area contributed by atoms with Gasteiger partial charge in [-0.05, 0) is 61.6 Å². The third-order valence-electron chi connectivity index (χ3n) is 5.37. The molecule has 3 rings (SSSR count). The van der Waals surface area contributed by atoms with E-state index >= 15 is 0 Å². The molecular weight excluding hydrogens is 411 g/mol. The van der Waals surface area contributed by atoms with Gasteiger partial charge in [0.1, 0.15) is 5.82 Å². The van der Waals surface area contributed by atoms with Crippen LogP contribution in [0.3, 0.4) is 0 Å². The molecule has 2 atom stereocenters. The minimum absolute atomic E-state index is 0.0119. The number of aliphatic carboxylic acids is 1. The maximum Gasteiger partial charge on any atom is 0.305 e. The van der Waals surface area contributed by atoms with Gasteiger partial charge in [-0.2, -0.15) is 5.10 Å². The van der Waals surface area contributed by atoms with Crippen LogP contribution in [0.1, 0.15) is 50.3 Å². The summed E-state index contributed by atoms with van der Waals surface area (Å²) in [6, 6.07) is 15.9. The van der Waals surface area contributed by atoms with E-state index in [2.05, 4.69) is 13.8 Å². The molecule has 3 aromatic rings. The van der Waals surface area contributed by atoms with Crippen molar-refractivity contribution >= 4 is 5.97 Å². The number of aliphatic hydroxyl groups excluding tert-OH is 2. The summed E-state index contributed by atoms with van der Waals surface area (Å²) < 4.78 is 15.4. The maximum absolute atomic E-state index is 13.5. The number of carboxylic acids is 1. The van der Waals surface area contributed by atoms with Crippen LogP contribution in [-0.4, -0.2) is 43.3 Å². The van der Waals surface area contributed by atoms with Gasteiger partial charge in [0.2, 0.25) is 0 Å². The Balaban J connectivity index is 1.97. The van der Waals surface area contributed by atoms with Gasteiger partial charge in [0.05, 0.1) is 35.7 Å². The van der Waals surface area contributed by atoms with Gasteiger partial charge in [-0.15, -0.1) is 0 Å². The Morgan fingerprint density at radius 2 is 1.69 bits per heavy atom. The summed E-state index contributed by atoms with van der Waals surface area (Å²) in [7, 11) is 0. The van der Waals surface area contributed by atoms with E-state index in [1.54, 1.807) is 12.1 Å². The van der Waals surface area contributed by atoms with Crippen molar-refractivity contribution in [3.63, 3.8) is 0 Å². The number of hydrogen-bond acceptors (Lipinski definition) is 4. The van der Waals surface area contributed by atoms with Crippen molar-refractivity contribution in [2.45, 2.75) is 57.7 Å². The molecule has 0 saturated carbocycles. The molecule has 32 heavy (non-hydrogen) atoms. The quantitative estimate of drug-likeness (QED) is 0.436. The molecule has 0 aliphatic carbocycles. The summed E-state index contributed by atoms with van der Waals surface area (Å²) in [5, 5.41) is 33.9. The molecule has 1 aromatic heterocycles. The molecule has 0 fully saturated rings. The standard InChI is InChI=1S/C25H29FN2O4/c1-16(2)25-22(13-12-20(29)14-21(30)15-23(31)32)24(17-8-10-18(26)11-9-17)27-28(25)19-6-4-3-5-7-19/h3-11,16,20-21,29-30H,12-15H2,1-2H3,(H,31,32)/t20-,21-/m1/s1. The molecule has 0 aliphatic rings. The zero-order chi connectivity index (χ0) is 23.3. The van der Waals surface area contributed by atoms with Crippen LogP contribution in [0, 0.1) is 5.82 Å². The third kappa shape index (κ3) is 5.81. The summed E-state index contributed by atoms with van der Waals surface area (Å²) >= 11 is 0. The molecular formula is C25H29FN2O4. The van der Waals surface area contributed by atoms with Gasteiger partial charge in [-0.25, -0.2) is 9.07 Å². The number of aromatic nitrogens is 2. The van der Waals surface area contributed by atoms with Crippen LogP contribution >= 0.6 is 0 Å². The maximum atomic E-state index is 13.5. The highest BCUT2D eigenvalue weighted by Crippen LogP contribution is 2.33. The SMILES string of the molecule is CC(C)c1c(CC[C@@H](O)C[C@@H](O)CC(=O)O)c(-c2ccc(F)cc2)nn1-c1ccccc1. The van der Waals surface area contributed by atoms with Crippen LogP contribution in [-0.2, 0) is 11.2 Å². The topological polar surface area (TPSA) is 95.6 Å². The van der Waals surface area contributed by atoms with Gasteiger partial charge in [-0.3, -0.25) is 4.79 Å². The summed E-state index contributed by atoms with van der Waals surface area (Å²) in [6.45, 7) is 4.14. The number of para-hydroxylation sites is 1. The van der Waals surface area contributed by atoms with Crippen molar-refractivity contribution in [3.8, 4) is 16.9 Å². The minimum atomic E-state index is -1.10. The zero-order valence-electron chi connectivity index (χ0n) is 18.3. The fraction of sp³-hybridized carbons (Fsp3) is 0.360. The lowest BCUT2D eigenvalue weighted by Crippen LogP contribution is -2.21. The average molecular weight is 441 g/mol. The van der Waals surface area contributed by atoms with Crippen molar-refractivity contribution in [1.82, 2.24) is 9.78 Å². The molecule has 170 valence electrons. The van der Waals surface area contributed by atoms with Crippen molar-refractivity contribution in [3.05, 3.63) is 71.7 Å². The monoisotopic (exact) mass is 440 g/mol. The first-order valence-electron chi connectivity index (χ1n) is 10.8. The lowest BCUT2D eigenvalue weighted by Gasteiger charge is -2.16. The fourth-order valence-electron chi connectivity index (χ4n) is 3.94. The van der Waals surface area contributed by atoms with Crippen molar-refractivity contribution in [2.24, 2.45) is 0 Å². The van der Waals surface area contributed by atoms with E-state index < -0.39 is 24.6 Å². The van der Waals surface area contributed by atoms with E-state index in [-0.39, 0.29) is 18.2 Å². The number of hydrogen-bond donors (Lipinski definition) is 3. The second-order valence-corrected chi connectivity index (χ2v) is 8.30. The Morgan fingerprint density at radius 3 is 2.28 bits per heavy atom. The first-order valence-corrected chi connectivity index (χ1v) is 10.8. The molecule has 0 aliphatic heterocycles. The Bertz CT molecular complexity index is 1030. The highest BCUT2D eigenvalue weighted by Gasteiger charge is 2.24. The lowest BCUT2D eigenvalue weighted by molar-refractivity contribution is -0.139. The van der Waals surface area contributed by atoms with Gasteiger partial charge < -0.3 is 15.3 Å². The van der Waals surface area contributed by atoms with Gasteiger partial charge in [0, 0.05) is 11.1 Å². The first kappa shape index (κ1) is 23.6. The van der Waals surface area contributed by atoms with Gasteiger partial charge in [0.25, 0.3) is 0 Å².